The van der Waals surface area contributed by atoms with Crippen molar-refractivity contribution in [3.05, 3.63) is 35.1 Å². The molecule has 64 valence electrons. The van der Waals surface area contributed by atoms with Gasteiger partial charge in [-0.2, -0.15) is 0 Å². The van der Waals surface area contributed by atoms with Gasteiger partial charge in [0.2, 0.25) is 0 Å². The van der Waals surface area contributed by atoms with Gasteiger partial charge in [-0.3, -0.25) is 5.41 Å². The molecule has 0 heterocycles. The first-order valence-electron chi connectivity index (χ1n) is 3.67. The van der Waals surface area contributed by atoms with Crippen molar-refractivity contribution < 1.29 is 4.39 Å². The molecule has 0 fully saturated rings. The van der Waals surface area contributed by atoms with Crippen molar-refractivity contribution in [2.24, 2.45) is 5.73 Å². The largest absolute Gasteiger partial charge is 0.387 e. The van der Waals surface area contributed by atoms with E-state index in [2.05, 4.69) is 0 Å². The Kier molecular flexibility index (Phi) is 2.43. The molecule has 1 aromatic carbocycles. The average molecular weight is 166 g/mol. The minimum atomic E-state index is -0.287. The van der Waals surface area contributed by atoms with Crippen LogP contribution in [0.1, 0.15) is 11.1 Å². The first-order valence-corrected chi connectivity index (χ1v) is 3.67. The summed E-state index contributed by atoms with van der Waals surface area (Å²) in [6, 6.07) is 4.91. The molecule has 0 spiro atoms. The second kappa shape index (κ2) is 3.34. The Morgan fingerprint density at radius 2 is 2.25 bits per heavy atom. The summed E-state index contributed by atoms with van der Waals surface area (Å²) in [6.07, 6.45) is 0.187. The van der Waals surface area contributed by atoms with Crippen LogP contribution in [0.2, 0.25) is 0 Å². The van der Waals surface area contributed by atoms with E-state index in [1.165, 1.54) is 6.07 Å². The molecular weight excluding hydrogens is 155 g/mol. The quantitative estimate of drug-likeness (QED) is 0.509. The maximum absolute atomic E-state index is 13.1. The summed E-state index contributed by atoms with van der Waals surface area (Å²) in [5, 5.41) is 6.99. The van der Waals surface area contributed by atoms with Crippen LogP contribution < -0.4 is 5.73 Å². The van der Waals surface area contributed by atoms with Crippen molar-refractivity contribution in [3.63, 3.8) is 0 Å². The van der Waals surface area contributed by atoms with Crippen LogP contribution in [-0.4, -0.2) is 5.84 Å². The Morgan fingerprint density at radius 1 is 1.58 bits per heavy atom. The van der Waals surface area contributed by atoms with Gasteiger partial charge in [0.25, 0.3) is 0 Å². The minimum absolute atomic E-state index is 0.0160. The number of benzene rings is 1. The molecular formula is C9H11FN2. The molecule has 0 bridgehead atoms. The predicted molar refractivity (Wildman–Crippen MR) is 46.8 cm³/mol. The summed E-state index contributed by atoms with van der Waals surface area (Å²) in [6.45, 7) is 1.82. The van der Waals surface area contributed by atoms with Crippen LogP contribution in [-0.2, 0) is 6.42 Å². The van der Waals surface area contributed by atoms with E-state index in [1.807, 2.05) is 6.92 Å². The van der Waals surface area contributed by atoms with E-state index >= 15 is 0 Å². The number of nitrogens with two attached hydrogens (primary N) is 1. The SMILES string of the molecule is Cc1ccc(CC(=N)N)c(F)c1. The molecule has 1 rings (SSSR count). The van der Waals surface area contributed by atoms with Crippen molar-refractivity contribution in [3.8, 4) is 0 Å². The number of rotatable bonds is 2. The molecule has 0 atom stereocenters. The summed E-state index contributed by atoms with van der Waals surface area (Å²) in [5.74, 6) is -0.303. The lowest BCUT2D eigenvalue weighted by Gasteiger charge is -2.01. The molecule has 0 unspecified atom stereocenters. The van der Waals surface area contributed by atoms with Crippen LogP contribution in [0, 0.1) is 18.2 Å². The van der Waals surface area contributed by atoms with Crippen molar-refractivity contribution in [1.82, 2.24) is 0 Å². The number of halogens is 1. The second-order valence-corrected chi connectivity index (χ2v) is 2.80. The molecule has 0 amide bonds. The first-order chi connectivity index (χ1) is 5.59. The van der Waals surface area contributed by atoms with E-state index in [1.54, 1.807) is 12.1 Å². The van der Waals surface area contributed by atoms with Gasteiger partial charge >= 0.3 is 0 Å². The fourth-order valence-corrected chi connectivity index (χ4v) is 1.00. The van der Waals surface area contributed by atoms with Crippen LogP contribution >= 0.6 is 0 Å². The van der Waals surface area contributed by atoms with Crippen molar-refractivity contribution >= 4 is 5.84 Å². The highest BCUT2D eigenvalue weighted by atomic mass is 19.1. The van der Waals surface area contributed by atoms with E-state index in [4.69, 9.17) is 11.1 Å². The summed E-state index contributed by atoms with van der Waals surface area (Å²) < 4.78 is 13.1. The van der Waals surface area contributed by atoms with E-state index in [9.17, 15) is 4.39 Å². The number of nitrogens with one attached hydrogen (secondary N) is 1. The van der Waals surface area contributed by atoms with Gasteiger partial charge in [-0.15, -0.1) is 0 Å². The normalized spacial score (nSPS) is 9.83. The molecule has 0 aliphatic rings. The van der Waals surface area contributed by atoms with Gasteiger partial charge in [-0.1, -0.05) is 12.1 Å². The summed E-state index contributed by atoms with van der Waals surface area (Å²) in [4.78, 5) is 0. The smallest absolute Gasteiger partial charge is 0.127 e. The molecule has 2 nitrogen and oxygen atoms in total. The lowest BCUT2D eigenvalue weighted by atomic mass is 10.1. The van der Waals surface area contributed by atoms with Crippen LogP contribution in [0.3, 0.4) is 0 Å². The van der Waals surface area contributed by atoms with E-state index < -0.39 is 0 Å². The van der Waals surface area contributed by atoms with E-state index in [0.29, 0.717) is 5.56 Å². The van der Waals surface area contributed by atoms with Crippen LogP contribution in [0.25, 0.3) is 0 Å². The molecule has 0 aliphatic heterocycles. The highest BCUT2D eigenvalue weighted by Crippen LogP contribution is 2.09. The maximum atomic E-state index is 13.1. The molecule has 0 radical (unpaired) electrons. The monoisotopic (exact) mass is 166 g/mol. The van der Waals surface area contributed by atoms with Crippen LogP contribution in [0.5, 0.6) is 0 Å². The third-order valence-electron chi connectivity index (χ3n) is 1.59. The van der Waals surface area contributed by atoms with Gasteiger partial charge in [0.1, 0.15) is 5.82 Å². The highest BCUT2D eigenvalue weighted by Gasteiger charge is 2.02. The van der Waals surface area contributed by atoms with Gasteiger partial charge in [0, 0.05) is 6.42 Å². The zero-order chi connectivity index (χ0) is 9.14. The van der Waals surface area contributed by atoms with Gasteiger partial charge in [-0.25, -0.2) is 4.39 Å². The summed E-state index contributed by atoms with van der Waals surface area (Å²) in [7, 11) is 0. The van der Waals surface area contributed by atoms with Gasteiger partial charge in [0.15, 0.2) is 0 Å². The number of amidine groups is 1. The molecule has 0 saturated heterocycles. The third-order valence-corrected chi connectivity index (χ3v) is 1.59. The Hall–Kier alpha value is -1.38. The average Bonchev–Trinajstić information content (AvgIpc) is 1.94. The molecule has 3 N–H and O–H groups in total. The Balaban J connectivity index is 2.93. The van der Waals surface area contributed by atoms with Crippen LogP contribution in [0.4, 0.5) is 4.39 Å². The summed E-state index contributed by atoms with van der Waals surface area (Å²) >= 11 is 0. The molecule has 0 aromatic heterocycles. The number of hydrogen-bond donors (Lipinski definition) is 2. The molecule has 0 saturated carbocycles. The lowest BCUT2D eigenvalue weighted by molar-refractivity contribution is 0.614. The Bertz CT molecular complexity index is 307. The van der Waals surface area contributed by atoms with E-state index in [0.717, 1.165) is 5.56 Å². The molecule has 3 heteroatoms. The number of hydrogen-bond acceptors (Lipinski definition) is 1. The Morgan fingerprint density at radius 3 is 2.75 bits per heavy atom. The van der Waals surface area contributed by atoms with Crippen molar-refractivity contribution in [2.75, 3.05) is 0 Å². The maximum Gasteiger partial charge on any atom is 0.127 e. The fraction of sp³-hybridized carbons (Fsp3) is 0.222. The molecule has 1 aromatic rings. The summed E-state index contributed by atoms with van der Waals surface area (Å²) in [5.41, 5.74) is 6.50. The zero-order valence-electron chi connectivity index (χ0n) is 6.89. The minimum Gasteiger partial charge on any atom is -0.387 e. The highest BCUT2D eigenvalue weighted by molar-refractivity contribution is 5.79. The van der Waals surface area contributed by atoms with Crippen LogP contribution in [0.15, 0.2) is 18.2 Å². The van der Waals surface area contributed by atoms with Crippen molar-refractivity contribution in [1.29, 1.82) is 5.41 Å². The third kappa shape index (κ3) is 2.05. The number of aryl methyl sites for hydroxylation is 1. The second-order valence-electron chi connectivity index (χ2n) is 2.80. The van der Waals surface area contributed by atoms with Gasteiger partial charge in [-0.05, 0) is 24.1 Å². The Labute approximate surface area is 70.7 Å². The van der Waals surface area contributed by atoms with E-state index in [-0.39, 0.29) is 18.1 Å². The van der Waals surface area contributed by atoms with Gasteiger partial charge in [0.05, 0.1) is 5.84 Å². The first kappa shape index (κ1) is 8.71. The standard InChI is InChI=1S/C9H11FN2/c1-6-2-3-7(5-9(11)12)8(10)4-6/h2-4H,5H2,1H3,(H3,11,12). The topological polar surface area (TPSA) is 49.9 Å². The zero-order valence-corrected chi connectivity index (χ0v) is 6.89. The van der Waals surface area contributed by atoms with Crippen molar-refractivity contribution in [2.45, 2.75) is 13.3 Å². The lowest BCUT2D eigenvalue weighted by Crippen LogP contribution is -2.13. The van der Waals surface area contributed by atoms with Gasteiger partial charge < -0.3 is 5.73 Å². The fourth-order valence-electron chi connectivity index (χ4n) is 1.00. The molecule has 12 heavy (non-hydrogen) atoms. The predicted octanol–water partition coefficient (Wildman–Crippen LogP) is 1.61. The molecule has 0 aliphatic carbocycles.